The van der Waals surface area contributed by atoms with Crippen LogP contribution in [0.1, 0.15) is 32.1 Å². The van der Waals surface area contributed by atoms with E-state index in [0.29, 0.717) is 5.92 Å². The van der Waals surface area contributed by atoms with Gasteiger partial charge in [0.25, 0.3) is 0 Å². The highest BCUT2D eigenvalue weighted by molar-refractivity contribution is 5.66. The fourth-order valence-corrected chi connectivity index (χ4v) is 2.14. The minimum Gasteiger partial charge on any atom is -0.497 e. The summed E-state index contributed by atoms with van der Waals surface area (Å²) < 4.78 is 5.11. The van der Waals surface area contributed by atoms with Gasteiger partial charge in [0.2, 0.25) is 0 Å². The zero-order valence-electron chi connectivity index (χ0n) is 9.86. The molecular weight excluding hydrogens is 198 g/mol. The zero-order chi connectivity index (χ0) is 11.2. The van der Waals surface area contributed by atoms with E-state index >= 15 is 0 Å². The van der Waals surface area contributed by atoms with Crippen LogP contribution < -0.4 is 4.74 Å². The number of aliphatic imine (C=N–C) groups is 1. The van der Waals surface area contributed by atoms with Crippen molar-refractivity contribution in [2.75, 3.05) is 7.11 Å². The normalized spacial score (nSPS) is 17.8. The molecule has 0 amide bonds. The van der Waals surface area contributed by atoms with E-state index < -0.39 is 0 Å². The average Bonchev–Trinajstić information content (AvgIpc) is 2.38. The maximum absolute atomic E-state index is 5.11. The summed E-state index contributed by atoms with van der Waals surface area (Å²) in [6, 6.07) is 7.90. The molecule has 0 radical (unpaired) electrons. The van der Waals surface area contributed by atoms with Crippen LogP contribution in [0.15, 0.2) is 29.3 Å². The van der Waals surface area contributed by atoms with E-state index in [2.05, 4.69) is 11.2 Å². The average molecular weight is 217 g/mol. The first-order valence-corrected chi connectivity index (χ1v) is 6.07. The highest BCUT2D eigenvalue weighted by atomic mass is 16.5. The molecular formula is C14H19NO. The first kappa shape index (κ1) is 11.2. The third-order valence-electron chi connectivity index (χ3n) is 3.16. The fourth-order valence-electron chi connectivity index (χ4n) is 2.14. The van der Waals surface area contributed by atoms with Gasteiger partial charge in [-0.2, -0.15) is 0 Å². The summed E-state index contributed by atoms with van der Waals surface area (Å²) in [5, 5.41) is 0. The van der Waals surface area contributed by atoms with Crippen LogP contribution in [-0.2, 0) is 0 Å². The van der Waals surface area contributed by atoms with Gasteiger partial charge < -0.3 is 4.74 Å². The molecule has 0 N–H and O–H groups in total. The van der Waals surface area contributed by atoms with E-state index in [0.717, 1.165) is 11.4 Å². The Bertz CT molecular complexity index is 336. The Hall–Kier alpha value is -1.31. The molecule has 2 nitrogen and oxygen atoms in total. The lowest BCUT2D eigenvalue weighted by Gasteiger charge is -2.16. The summed E-state index contributed by atoms with van der Waals surface area (Å²) in [6.45, 7) is 0. The maximum Gasteiger partial charge on any atom is 0.119 e. The molecule has 0 bridgehead atoms. The summed E-state index contributed by atoms with van der Waals surface area (Å²) in [4.78, 5) is 4.52. The Labute approximate surface area is 97.4 Å². The lowest BCUT2D eigenvalue weighted by molar-refractivity contribution is 0.415. The maximum atomic E-state index is 5.11. The molecule has 1 aliphatic rings. The molecule has 1 aromatic carbocycles. The van der Waals surface area contributed by atoms with E-state index in [1.165, 1.54) is 32.1 Å². The van der Waals surface area contributed by atoms with Crippen molar-refractivity contribution in [3.63, 3.8) is 0 Å². The fraction of sp³-hybridized carbons (Fsp3) is 0.500. The van der Waals surface area contributed by atoms with Gasteiger partial charge in [-0.15, -0.1) is 0 Å². The van der Waals surface area contributed by atoms with Gasteiger partial charge in [0, 0.05) is 6.21 Å². The molecule has 86 valence electrons. The lowest BCUT2D eigenvalue weighted by Crippen LogP contribution is -2.06. The van der Waals surface area contributed by atoms with E-state index in [1.54, 1.807) is 7.11 Å². The zero-order valence-corrected chi connectivity index (χ0v) is 9.86. The van der Waals surface area contributed by atoms with Crippen LogP contribution in [-0.4, -0.2) is 13.3 Å². The minimum absolute atomic E-state index is 0.691. The molecule has 1 aromatic rings. The van der Waals surface area contributed by atoms with Gasteiger partial charge in [0.05, 0.1) is 12.8 Å². The largest absolute Gasteiger partial charge is 0.497 e. The molecule has 0 heterocycles. The number of rotatable bonds is 3. The lowest BCUT2D eigenvalue weighted by atomic mass is 9.90. The Kier molecular flexibility index (Phi) is 3.97. The molecule has 16 heavy (non-hydrogen) atoms. The van der Waals surface area contributed by atoms with Crippen molar-refractivity contribution in [3.8, 4) is 5.75 Å². The highest BCUT2D eigenvalue weighted by Crippen LogP contribution is 2.23. The summed E-state index contributed by atoms with van der Waals surface area (Å²) in [7, 11) is 1.68. The standard InChI is InChI=1S/C14H19NO/c1-16-14-9-7-13(8-10-14)15-11-12-5-3-2-4-6-12/h7-12H,2-6H2,1H3. The van der Waals surface area contributed by atoms with Crippen molar-refractivity contribution in [2.24, 2.45) is 10.9 Å². The van der Waals surface area contributed by atoms with Crippen LogP contribution in [0.2, 0.25) is 0 Å². The summed E-state index contributed by atoms with van der Waals surface area (Å²) >= 11 is 0. The van der Waals surface area contributed by atoms with Crippen LogP contribution in [0.4, 0.5) is 5.69 Å². The Balaban J connectivity index is 1.94. The quantitative estimate of drug-likeness (QED) is 0.702. The Morgan fingerprint density at radius 3 is 2.44 bits per heavy atom. The third kappa shape index (κ3) is 3.09. The second-order valence-electron chi connectivity index (χ2n) is 4.37. The van der Waals surface area contributed by atoms with E-state index in [4.69, 9.17) is 4.74 Å². The number of nitrogens with zero attached hydrogens (tertiary/aromatic N) is 1. The molecule has 0 saturated heterocycles. The number of hydrogen-bond acceptors (Lipinski definition) is 2. The van der Waals surface area contributed by atoms with Gasteiger partial charge >= 0.3 is 0 Å². The molecule has 1 fully saturated rings. The van der Waals surface area contributed by atoms with Crippen molar-refractivity contribution in [1.82, 2.24) is 0 Å². The predicted molar refractivity (Wildman–Crippen MR) is 67.7 cm³/mol. The van der Waals surface area contributed by atoms with E-state index in [1.807, 2.05) is 24.3 Å². The minimum atomic E-state index is 0.691. The molecule has 0 aromatic heterocycles. The van der Waals surface area contributed by atoms with Crippen LogP contribution >= 0.6 is 0 Å². The summed E-state index contributed by atoms with van der Waals surface area (Å²) in [6.07, 6.45) is 8.85. The van der Waals surface area contributed by atoms with Crippen LogP contribution in [0, 0.1) is 5.92 Å². The highest BCUT2D eigenvalue weighted by Gasteiger charge is 2.10. The number of methoxy groups -OCH3 is 1. The second-order valence-corrected chi connectivity index (χ2v) is 4.37. The Morgan fingerprint density at radius 2 is 1.81 bits per heavy atom. The van der Waals surface area contributed by atoms with Crippen molar-refractivity contribution in [3.05, 3.63) is 24.3 Å². The first-order valence-electron chi connectivity index (χ1n) is 6.07. The van der Waals surface area contributed by atoms with Crippen molar-refractivity contribution >= 4 is 11.9 Å². The topological polar surface area (TPSA) is 21.6 Å². The van der Waals surface area contributed by atoms with Gasteiger partial charge in [-0.25, -0.2) is 0 Å². The third-order valence-corrected chi connectivity index (χ3v) is 3.16. The second kappa shape index (κ2) is 5.69. The predicted octanol–water partition coefficient (Wildman–Crippen LogP) is 3.98. The molecule has 0 unspecified atom stereocenters. The van der Waals surface area contributed by atoms with Crippen LogP contribution in [0.25, 0.3) is 0 Å². The van der Waals surface area contributed by atoms with E-state index in [-0.39, 0.29) is 0 Å². The van der Waals surface area contributed by atoms with Crippen LogP contribution in [0.5, 0.6) is 5.75 Å². The van der Waals surface area contributed by atoms with Gasteiger partial charge in [0.15, 0.2) is 0 Å². The Morgan fingerprint density at radius 1 is 1.12 bits per heavy atom. The monoisotopic (exact) mass is 217 g/mol. The van der Waals surface area contributed by atoms with Crippen molar-refractivity contribution in [2.45, 2.75) is 32.1 Å². The van der Waals surface area contributed by atoms with Gasteiger partial charge in [0.1, 0.15) is 5.75 Å². The summed E-state index contributed by atoms with van der Waals surface area (Å²) in [5.74, 6) is 1.58. The molecule has 2 rings (SSSR count). The molecule has 0 spiro atoms. The van der Waals surface area contributed by atoms with Gasteiger partial charge in [-0.05, 0) is 43.0 Å². The molecule has 0 atom stereocenters. The molecule has 0 aliphatic heterocycles. The first-order chi connectivity index (χ1) is 7.88. The number of benzene rings is 1. The van der Waals surface area contributed by atoms with E-state index in [9.17, 15) is 0 Å². The van der Waals surface area contributed by atoms with Crippen molar-refractivity contribution in [1.29, 1.82) is 0 Å². The van der Waals surface area contributed by atoms with Gasteiger partial charge in [-0.1, -0.05) is 19.3 Å². The van der Waals surface area contributed by atoms with Crippen molar-refractivity contribution < 1.29 is 4.74 Å². The molecule has 1 aliphatic carbocycles. The molecule has 1 saturated carbocycles. The number of ether oxygens (including phenoxy) is 1. The summed E-state index contributed by atoms with van der Waals surface area (Å²) in [5.41, 5.74) is 1.02. The molecule has 2 heteroatoms. The number of hydrogen-bond donors (Lipinski definition) is 0. The SMILES string of the molecule is COc1ccc(N=CC2CCCCC2)cc1. The van der Waals surface area contributed by atoms with Gasteiger partial charge in [-0.3, -0.25) is 4.99 Å². The van der Waals surface area contributed by atoms with Crippen LogP contribution in [0.3, 0.4) is 0 Å². The smallest absolute Gasteiger partial charge is 0.119 e.